The Morgan fingerprint density at radius 1 is 1.62 bits per heavy atom. The minimum atomic E-state index is 0.0187. The van der Waals surface area contributed by atoms with E-state index in [-0.39, 0.29) is 6.04 Å². The highest BCUT2D eigenvalue weighted by molar-refractivity contribution is 5.42. The molecule has 0 saturated heterocycles. The van der Waals surface area contributed by atoms with Gasteiger partial charge in [-0.3, -0.25) is 4.98 Å². The van der Waals surface area contributed by atoms with Crippen LogP contribution < -0.4 is 16.4 Å². The maximum atomic E-state index is 5.72. The molecule has 0 aliphatic carbocycles. The molecule has 0 radical (unpaired) electrons. The lowest BCUT2D eigenvalue weighted by molar-refractivity contribution is 0.667. The first-order valence-corrected chi connectivity index (χ1v) is 4.31. The Balaban J connectivity index is 2.53. The van der Waals surface area contributed by atoms with E-state index < -0.39 is 0 Å². The van der Waals surface area contributed by atoms with Gasteiger partial charge in [-0.25, -0.2) is 0 Å². The van der Waals surface area contributed by atoms with Gasteiger partial charge < -0.3 is 16.4 Å². The zero-order valence-electron chi connectivity index (χ0n) is 7.85. The van der Waals surface area contributed by atoms with E-state index in [0.717, 1.165) is 12.2 Å². The first-order chi connectivity index (χ1) is 6.24. The fourth-order valence-electron chi connectivity index (χ4n) is 1.11. The number of anilines is 1. The molecule has 0 aromatic carbocycles. The smallest absolute Gasteiger partial charge is 0.0550 e. The molecule has 0 fully saturated rings. The molecule has 4 heteroatoms. The molecule has 0 spiro atoms. The molecule has 72 valence electrons. The van der Waals surface area contributed by atoms with Crippen LogP contribution in [0.3, 0.4) is 0 Å². The Labute approximate surface area is 78.6 Å². The number of hydrogen-bond acceptors (Lipinski definition) is 4. The van der Waals surface area contributed by atoms with Gasteiger partial charge in [0.25, 0.3) is 0 Å². The van der Waals surface area contributed by atoms with Gasteiger partial charge in [-0.1, -0.05) is 0 Å². The number of nitrogens with zero attached hydrogens (tertiary/aromatic N) is 2. The minimum Gasteiger partial charge on any atom is -0.372 e. The van der Waals surface area contributed by atoms with Crippen LogP contribution in [0.4, 0.5) is 5.69 Å². The highest BCUT2D eigenvalue weighted by atomic mass is 15.1. The zero-order valence-corrected chi connectivity index (χ0v) is 7.85. The predicted octanol–water partition coefficient (Wildman–Crippen LogP) is -0.196. The molecule has 13 heavy (non-hydrogen) atoms. The first kappa shape index (κ1) is 9.95. The van der Waals surface area contributed by atoms with Gasteiger partial charge in [0.15, 0.2) is 0 Å². The lowest BCUT2D eigenvalue weighted by Gasteiger charge is -2.21. The Bertz CT molecular complexity index is 237. The van der Waals surface area contributed by atoms with Crippen molar-refractivity contribution in [2.24, 2.45) is 11.5 Å². The highest BCUT2D eigenvalue weighted by Crippen LogP contribution is 2.08. The van der Waals surface area contributed by atoms with E-state index >= 15 is 0 Å². The van der Waals surface area contributed by atoms with Crippen molar-refractivity contribution in [3.8, 4) is 0 Å². The van der Waals surface area contributed by atoms with Crippen LogP contribution in [0.2, 0.25) is 0 Å². The van der Waals surface area contributed by atoms with Crippen molar-refractivity contribution in [1.82, 2.24) is 4.98 Å². The predicted molar refractivity (Wildman–Crippen MR) is 54.5 cm³/mol. The van der Waals surface area contributed by atoms with Crippen molar-refractivity contribution in [1.29, 1.82) is 0 Å². The van der Waals surface area contributed by atoms with E-state index in [1.54, 1.807) is 6.20 Å². The summed E-state index contributed by atoms with van der Waals surface area (Å²) in [6, 6.07) is 3.92. The third-order valence-electron chi connectivity index (χ3n) is 1.90. The van der Waals surface area contributed by atoms with Crippen LogP contribution >= 0.6 is 0 Å². The summed E-state index contributed by atoms with van der Waals surface area (Å²) in [6.45, 7) is 1.26. The fourth-order valence-corrected chi connectivity index (χ4v) is 1.11. The number of hydrogen-bond donors (Lipinski definition) is 2. The van der Waals surface area contributed by atoms with Crippen LogP contribution in [0.25, 0.3) is 0 Å². The lowest BCUT2D eigenvalue weighted by atomic mass is 10.3. The van der Waals surface area contributed by atoms with Crippen LogP contribution in [-0.4, -0.2) is 31.2 Å². The van der Waals surface area contributed by atoms with Crippen molar-refractivity contribution in [2.75, 3.05) is 25.0 Å². The van der Waals surface area contributed by atoms with Crippen LogP contribution in [0.15, 0.2) is 24.5 Å². The van der Waals surface area contributed by atoms with Crippen molar-refractivity contribution in [3.63, 3.8) is 0 Å². The maximum absolute atomic E-state index is 5.72. The molecule has 0 saturated carbocycles. The second-order valence-corrected chi connectivity index (χ2v) is 3.09. The number of rotatable bonds is 4. The van der Waals surface area contributed by atoms with Gasteiger partial charge in [-0.15, -0.1) is 0 Å². The molecule has 1 aromatic heterocycles. The summed E-state index contributed by atoms with van der Waals surface area (Å²) in [5.41, 5.74) is 12.2. The number of likely N-dealkylation sites (N-methyl/N-ethyl adjacent to an activating group) is 1. The molecule has 1 rings (SSSR count). The molecule has 4 nitrogen and oxygen atoms in total. The summed E-state index contributed by atoms with van der Waals surface area (Å²) in [7, 11) is 1.98. The van der Waals surface area contributed by atoms with E-state index in [2.05, 4.69) is 4.98 Å². The number of aromatic nitrogens is 1. The molecule has 1 atom stereocenters. The average molecular weight is 180 g/mol. The first-order valence-electron chi connectivity index (χ1n) is 4.31. The molecule has 0 amide bonds. The molecule has 0 aliphatic heterocycles. The van der Waals surface area contributed by atoms with Crippen LogP contribution in [0.1, 0.15) is 0 Å². The molecule has 4 N–H and O–H groups in total. The van der Waals surface area contributed by atoms with Crippen molar-refractivity contribution in [3.05, 3.63) is 24.5 Å². The largest absolute Gasteiger partial charge is 0.372 e. The van der Waals surface area contributed by atoms with E-state index in [1.165, 1.54) is 0 Å². The van der Waals surface area contributed by atoms with Crippen LogP contribution in [0.5, 0.6) is 0 Å². The van der Waals surface area contributed by atoms with Gasteiger partial charge in [0.1, 0.15) is 0 Å². The third kappa shape index (κ3) is 3.01. The molecule has 1 heterocycles. The summed E-state index contributed by atoms with van der Waals surface area (Å²) in [5.74, 6) is 0. The van der Waals surface area contributed by atoms with E-state index in [9.17, 15) is 0 Å². The SMILES string of the molecule is CN(CC(N)CN)c1cccnc1. The molecule has 1 unspecified atom stereocenters. The van der Waals surface area contributed by atoms with Crippen molar-refractivity contribution in [2.45, 2.75) is 6.04 Å². The quantitative estimate of drug-likeness (QED) is 0.673. The second kappa shape index (κ2) is 4.79. The highest BCUT2D eigenvalue weighted by Gasteiger charge is 2.04. The van der Waals surface area contributed by atoms with E-state index in [1.807, 2.05) is 30.3 Å². The number of pyridine rings is 1. The molecular weight excluding hydrogens is 164 g/mol. The monoisotopic (exact) mass is 180 g/mol. The topological polar surface area (TPSA) is 68.2 Å². The summed E-state index contributed by atoms with van der Waals surface area (Å²) in [5, 5.41) is 0. The molecular formula is C9H16N4. The third-order valence-corrected chi connectivity index (χ3v) is 1.90. The zero-order chi connectivity index (χ0) is 9.68. The van der Waals surface area contributed by atoms with Gasteiger partial charge >= 0.3 is 0 Å². The van der Waals surface area contributed by atoms with Gasteiger partial charge in [0.05, 0.1) is 11.9 Å². The fraction of sp³-hybridized carbons (Fsp3) is 0.444. The standard InChI is InChI=1S/C9H16N4/c1-13(7-8(11)5-10)9-3-2-4-12-6-9/h2-4,6,8H,5,7,10-11H2,1H3. The van der Waals surface area contributed by atoms with Crippen molar-refractivity contribution >= 4 is 5.69 Å². The van der Waals surface area contributed by atoms with Gasteiger partial charge in [0, 0.05) is 32.4 Å². The molecule has 0 aliphatic rings. The normalized spacial score (nSPS) is 12.5. The Hall–Kier alpha value is -1.13. The van der Waals surface area contributed by atoms with Gasteiger partial charge in [-0.05, 0) is 12.1 Å². The van der Waals surface area contributed by atoms with Gasteiger partial charge in [-0.2, -0.15) is 0 Å². The Morgan fingerprint density at radius 2 is 2.38 bits per heavy atom. The maximum Gasteiger partial charge on any atom is 0.0550 e. The number of nitrogens with two attached hydrogens (primary N) is 2. The van der Waals surface area contributed by atoms with Crippen LogP contribution in [0, 0.1) is 0 Å². The summed E-state index contributed by atoms with van der Waals surface area (Å²) in [6.07, 6.45) is 3.56. The van der Waals surface area contributed by atoms with Gasteiger partial charge in [0.2, 0.25) is 0 Å². The average Bonchev–Trinajstić information content (AvgIpc) is 2.19. The lowest BCUT2D eigenvalue weighted by Crippen LogP contribution is -2.40. The Morgan fingerprint density at radius 3 is 2.92 bits per heavy atom. The minimum absolute atomic E-state index is 0.0187. The molecule has 0 bridgehead atoms. The Kier molecular flexibility index (Phi) is 3.67. The van der Waals surface area contributed by atoms with Crippen molar-refractivity contribution < 1.29 is 0 Å². The van der Waals surface area contributed by atoms with E-state index in [4.69, 9.17) is 11.5 Å². The summed E-state index contributed by atoms with van der Waals surface area (Å²) < 4.78 is 0. The van der Waals surface area contributed by atoms with Crippen LogP contribution in [-0.2, 0) is 0 Å². The summed E-state index contributed by atoms with van der Waals surface area (Å²) >= 11 is 0. The van der Waals surface area contributed by atoms with E-state index in [0.29, 0.717) is 6.54 Å². The molecule has 1 aromatic rings. The summed E-state index contributed by atoms with van der Waals surface area (Å²) in [4.78, 5) is 6.07. The second-order valence-electron chi connectivity index (χ2n) is 3.09.